The van der Waals surface area contributed by atoms with Crippen molar-refractivity contribution in [1.82, 2.24) is 16.2 Å². The molecule has 2 aromatic carbocycles. The number of phenols is 1. The second-order valence-electron chi connectivity index (χ2n) is 6.52. The van der Waals surface area contributed by atoms with Crippen molar-refractivity contribution in [3.63, 3.8) is 0 Å². The Labute approximate surface area is 151 Å². The number of methoxy groups -OCH3 is 2. The zero-order valence-corrected chi connectivity index (χ0v) is 14.5. The first-order chi connectivity index (χ1) is 12.6. The molecule has 4 unspecified atom stereocenters. The van der Waals surface area contributed by atoms with Crippen LogP contribution in [0, 0.1) is 5.92 Å². The third-order valence-corrected chi connectivity index (χ3v) is 5.15. The second-order valence-corrected chi connectivity index (χ2v) is 6.52. The van der Waals surface area contributed by atoms with Gasteiger partial charge in [-0.15, -0.1) is 0 Å². The molecule has 0 bridgehead atoms. The first-order valence-corrected chi connectivity index (χ1v) is 8.44. The monoisotopic (exact) mass is 355 g/mol. The third kappa shape index (κ3) is 2.65. The minimum atomic E-state index is -0.337. The molecule has 4 rings (SSSR count). The quantitative estimate of drug-likeness (QED) is 0.663. The minimum Gasteiger partial charge on any atom is -0.504 e. The fourth-order valence-corrected chi connectivity index (χ4v) is 3.86. The number of amides is 1. The number of carbonyl (C=O) groups excluding carboxylic acids is 1. The van der Waals surface area contributed by atoms with E-state index in [9.17, 15) is 9.90 Å². The fraction of sp³-hybridized carbons (Fsp3) is 0.316. The fourth-order valence-electron chi connectivity index (χ4n) is 3.86. The lowest BCUT2D eigenvalue weighted by Gasteiger charge is -2.25. The Hall–Kier alpha value is -2.77. The summed E-state index contributed by atoms with van der Waals surface area (Å²) in [6.45, 7) is 0. The van der Waals surface area contributed by atoms with E-state index in [4.69, 9.17) is 9.47 Å². The Bertz CT molecular complexity index is 841. The zero-order chi connectivity index (χ0) is 18.3. The van der Waals surface area contributed by atoms with Crippen LogP contribution in [0.5, 0.6) is 17.2 Å². The molecule has 0 radical (unpaired) electrons. The molecular formula is C19H21N3O4. The predicted molar refractivity (Wildman–Crippen MR) is 94.8 cm³/mol. The molecule has 4 atom stereocenters. The van der Waals surface area contributed by atoms with E-state index in [0.717, 1.165) is 16.9 Å². The highest BCUT2D eigenvalue weighted by Gasteiger charge is 2.51. The van der Waals surface area contributed by atoms with Crippen LogP contribution in [0.2, 0.25) is 0 Å². The Morgan fingerprint density at radius 3 is 2.46 bits per heavy atom. The molecule has 2 saturated heterocycles. The van der Waals surface area contributed by atoms with Crippen molar-refractivity contribution in [2.75, 3.05) is 14.2 Å². The number of fused-ring (bicyclic) bond motifs is 1. The van der Waals surface area contributed by atoms with Gasteiger partial charge < -0.3 is 19.9 Å². The lowest BCUT2D eigenvalue weighted by atomic mass is 9.83. The maximum Gasteiger partial charge on any atom is 0.239 e. The molecule has 2 aliphatic heterocycles. The number of rotatable bonds is 4. The SMILES string of the molecule is COc1cccc(C2NNC3C(=O)NC(c4ccc(O)c(OC)c4)C32)c1. The zero-order valence-electron chi connectivity index (χ0n) is 14.5. The Morgan fingerprint density at radius 1 is 0.923 bits per heavy atom. The van der Waals surface area contributed by atoms with Gasteiger partial charge in [0.2, 0.25) is 5.91 Å². The van der Waals surface area contributed by atoms with Crippen LogP contribution >= 0.6 is 0 Å². The van der Waals surface area contributed by atoms with Crippen LogP contribution in [0.25, 0.3) is 0 Å². The molecule has 2 aliphatic rings. The van der Waals surface area contributed by atoms with Crippen LogP contribution < -0.4 is 25.6 Å². The summed E-state index contributed by atoms with van der Waals surface area (Å²) in [5.74, 6) is 1.14. The van der Waals surface area contributed by atoms with Crippen LogP contribution in [0.3, 0.4) is 0 Å². The maximum absolute atomic E-state index is 12.4. The minimum absolute atomic E-state index is 0.0381. The third-order valence-electron chi connectivity index (χ3n) is 5.15. The molecule has 0 aromatic heterocycles. The van der Waals surface area contributed by atoms with Gasteiger partial charge in [-0.1, -0.05) is 18.2 Å². The number of carbonyl (C=O) groups is 1. The van der Waals surface area contributed by atoms with Crippen molar-refractivity contribution in [1.29, 1.82) is 0 Å². The molecule has 2 fully saturated rings. The number of aromatic hydroxyl groups is 1. The molecular weight excluding hydrogens is 334 g/mol. The molecule has 0 saturated carbocycles. The van der Waals surface area contributed by atoms with Gasteiger partial charge in [-0.05, 0) is 35.4 Å². The van der Waals surface area contributed by atoms with E-state index in [2.05, 4.69) is 16.2 Å². The number of phenolic OH excluding ortho intramolecular Hbond substituents is 1. The lowest BCUT2D eigenvalue weighted by Crippen LogP contribution is -2.39. The molecule has 0 aliphatic carbocycles. The summed E-state index contributed by atoms with van der Waals surface area (Å²) < 4.78 is 10.5. The number of hydrogen-bond donors (Lipinski definition) is 4. The average molecular weight is 355 g/mol. The normalized spacial score (nSPS) is 27.1. The standard InChI is InChI=1S/C19H21N3O4/c1-25-12-5-3-4-10(8-12)17-15-16(20-19(24)18(15)22-21-17)11-6-7-13(23)14(9-11)26-2/h3-9,15-18,21-23H,1-2H3,(H,20,24). The van der Waals surface area contributed by atoms with E-state index in [1.54, 1.807) is 19.2 Å². The molecule has 7 heteroatoms. The summed E-state index contributed by atoms with van der Waals surface area (Å²) in [7, 11) is 3.14. The smallest absolute Gasteiger partial charge is 0.239 e. The highest BCUT2D eigenvalue weighted by Crippen LogP contribution is 2.43. The topological polar surface area (TPSA) is 91.9 Å². The summed E-state index contributed by atoms with van der Waals surface area (Å²) >= 11 is 0. The number of benzene rings is 2. The molecule has 7 nitrogen and oxygen atoms in total. The van der Waals surface area contributed by atoms with Gasteiger partial charge in [-0.25, -0.2) is 10.9 Å². The summed E-state index contributed by atoms with van der Waals surface area (Å²) in [6.07, 6.45) is 0. The van der Waals surface area contributed by atoms with Crippen molar-refractivity contribution in [2.45, 2.75) is 18.1 Å². The number of hydrogen-bond acceptors (Lipinski definition) is 6. The highest BCUT2D eigenvalue weighted by atomic mass is 16.5. The van der Waals surface area contributed by atoms with Gasteiger partial charge in [0.1, 0.15) is 11.8 Å². The van der Waals surface area contributed by atoms with Crippen molar-refractivity contribution < 1.29 is 19.4 Å². The Morgan fingerprint density at radius 2 is 1.69 bits per heavy atom. The van der Waals surface area contributed by atoms with Gasteiger partial charge >= 0.3 is 0 Å². The first kappa shape index (κ1) is 16.7. The molecule has 2 heterocycles. The summed E-state index contributed by atoms with van der Waals surface area (Å²) in [5.41, 5.74) is 8.29. The van der Waals surface area contributed by atoms with Crippen LogP contribution in [-0.2, 0) is 4.79 Å². The van der Waals surface area contributed by atoms with Gasteiger partial charge in [0.05, 0.1) is 26.3 Å². The largest absolute Gasteiger partial charge is 0.504 e. The molecule has 1 amide bonds. The van der Waals surface area contributed by atoms with E-state index in [-0.39, 0.29) is 35.7 Å². The van der Waals surface area contributed by atoms with E-state index >= 15 is 0 Å². The van der Waals surface area contributed by atoms with Gasteiger partial charge in [0.15, 0.2) is 11.5 Å². The van der Waals surface area contributed by atoms with E-state index in [0.29, 0.717) is 5.75 Å². The average Bonchev–Trinajstić information content (AvgIpc) is 3.24. The molecule has 0 spiro atoms. The van der Waals surface area contributed by atoms with Gasteiger partial charge in [0.25, 0.3) is 0 Å². The van der Waals surface area contributed by atoms with Gasteiger partial charge in [-0.2, -0.15) is 0 Å². The summed E-state index contributed by atoms with van der Waals surface area (Å²) in [4.78, 5) is 12.4. The van der Waals surface area contributed by atoms with Crippen LogP contribution in [0.4, 0.5) is 0 Å². The van der Waals surface area contributed by atoms with Crippen LogP contribution in [0.1, 0.15) is 23.2 Å². The number of ether oxygens (including phenoxy) is 2. The maximum atomic E-state index is 12.4. The molecule has 26 heavy (non-hydrogen) atoms. The summed E-state index contributed by atoms with van der Waals surface area (Å²) in [6, 6.07) is 12.4. The van der Waals surface area contributed by atoms with Gasteiger partial charge in [-0.3, -0.25) is 4.79 Å². The van der Waals surface area contributed by atoms with E-state index < -0.39 is 0 Å². The van der Waals surface area contributed by atoms with Crippen molar-refractivity contribution in [2.24, 2.45) is 5.92 Å². The van der Waals surface area contributed by atoms with Crippen molar-refractivity contribution in [3.8, 4) is 17.2 Å². The first-order valence-electron chi connectivity index (χ1n) is 8.44. The molecule has 2 aromatic rings. The predicted octanol–water partition coefficient (Wildman–Crippen LogP) is 1.41. The number of nitrogens with one attached hydrogen (secondary N) is 3. The lowest BCUT2D eigenvalue weighted by molar-refractivity contribution is -0.121. The van der Waals surface area contributed by atoms with E-state index in [1.165, 1.54) is 7.11 Å². The van der Waals surface area contributed by atoms with Crippen molar-refractivity contribution in [3.05, 3.63) is 53.6 Å². The van der Waals surface area contributed by atoms with Gasteiger partial charge in [0, 0.05) is 5.92 Å². The second kappa shape index (κ2) is 6.51. The molecule has 136 valence electrons. The summed E-state index contributed by atoms with van der Waals surface area (Å²) in [5, 5.41) is 12.9. The van der Waals surface area contributed by atoms with E-state index in [1.807, 2.05) is 30.3 Å². The molecule has 4 N–H and O–H groups in total. The van der Waals surface area contributed by atoms with Crippen LogP contribution in [0.15, 0.2) is 42.5 Å². The highest BCUT2D eigenvalue weighted by molar-refractivity contribution is 5.86. The van der Waals surface area contributed by atoms with Crippen molar-refractivity contribution >= 4 is 5.91 Å². The Balaban J connectivity index is 1.71. The number of hydrazine groups is 1. The Kier molecular flexibility index (Phi) is 4.18. The van der Waals surface area contributed by atoms with Crippen LogP contribution in [-0.4, -0.2) is 31.3 Å².